The molecule has 2 N–H and O–H groups in total. The number of carbonyl (C=O) groups is 2. The summed E-state index contributed by atoms with van der Waals surface area (Å²) in [5.74, 6) is -0.115. The molecular formula is C10H20N2O2S. The van der Waals surface area contributed by atoms with Gasteiger partial charge in [0.15, 0.2) is 0 Å². The van der Waals surface area contributed by atoms with Crippen LogP contribution in [-0.4, -0.2) is 29.1 Å². The molecule has 0 radical (unpaired) electrons. The van der Waals surface area contributed by atoms with Crippen LogP contribution < -0.4 is 10.6 Å². The van der Waals surface area contributed by atoms with E-state index in [0.717, 1.165) is 6.42 Å². The lowest BCUT2D eigenvalue weighted by Crippen LogP contribution is -2.53. The molecule has 5 heteroatoms. The Hall–Kier alpha value is -0.710. The highest BCUT2D eigenvalue weighted by molar-refractivity contribution is 7.80. The van der Waals surface area contributed by atoms with Crippen molar-refractivity contribution in [2.24, 2.45) is 0 Å². The molecule has 0 aromatic rings. The average molecular weight is 232 g/mol. The molecule has 2 amide bonds. The fourth-order valence-corrected chi connectivity index (χ4v) is 1.21. The first-order valence-electron chi connectivity index (χ1n) is 5.02. The molecule has 15 heavy (non-hydrogen) atoms. The van der Waals surface area contributed by atoms with Gasteiger partial charge >= 0.3 is 0 Å². The van der Waals surface area contributed by atoms with Crippen LogP contribution in [0.4, 0.5) is 0 Å². The molecule has 0 aliphatic carbocycles. The van der Waals surface area contributed by atoms with Crippen LogP contribution in [-0.2, 0) is 9.59 Å². The molecule has 1 unspecified atom stereocenters. The topological polar surface area (TPSA) is 58.2 Å². The van der Waals surface area contributed by atoms with E-state index in [1.807, 2.05) is 20.8 Å². The van der Waals surface area contributed by atoms with Crippen LogP contribution in [0.1, 0.15) is 34.1 Å². The van der Waals surface area contributed by atoms with Gasteiger partial charge < -0.3 is 10.6 Å². The van der Waals surface area contributed by atoms with Crippen LogP contribution in [0.5, 0.6) is 0 Å². The van der Waals surface area contributed by atoms with E-state index in [2.05, 4.69) is 23.3 Å². The maximum absolute atomic E-state index is 11.7. The third kappa shape index (κ3) is 5.67. The average Bonchev–Trinajstić information content (AvgIpc) is 2.13. The first kappa shape index (κ1) is 14.3. The maximum atomic E-state index is 11.7. The van der Waals surface area contributed by atoms with Gasteiger partial charge in [-0.3, -0.25) is 9.59 Å². The highest BCUT2D eigenvalue weighted by Gasteiger charge is 2.23. The number of carbonyl (C=O) groups excluding carboxylic acids is 2. The molecule has 0 bridgehead atoms. The zero-order valence-corrected chi connectivity index (χ0v) is 10.6. The molecular weight excluding hydrogens is 212 g/mol. The third-order valence-corrected chi connectivity index (χ3v) is 2.59. The second-order valence-corrected chi connectivity index (χ2v) is 4.53. The molecule has 88 valence electrons. The highest BCUT2D eigenvalue weighted by Crippen LogP contribution is 2.07. The summed E-state index contributed by atoms with van der Waals surface area (Å²) in [5.41, 5.74) is -0.253. The smallest absolute Gasteiger partial charge is 0.243 e. The second-order valence-electron chi connectivity index (χ2n) is 4.16. The monoisotopic (exact) mass is 232 g/mol. The van der Waals surface area contributed by atoms with Gasteiger partial charge in [0, 0.05) is 18.2 Å². The van der Waals surface area contributed by atoms with Crippen molar-refractivity contribution in [2.75, 3.05) is 5.75 Å². The number of thiol groups is 1. The van der Waals surface area contributed by atoms with Crippen LogP contribution in [0.15, 0.2) is 0 Å². The van der Waals surface area contributed by atoms with Gasteiger partial charge in [0.25, 0.3) is 0 Å². The van der Waals surface area contributed by atoms with E-state index in [4.69, 9.17) is 0 Å². The summed E-state index contributed by atoms with van der Waals surface area (Å²) in [5, 5.41) is 5.41. The summed E-state index contributed by atoms with van der Waals surface area (Å²) < 4.78 is 0. The number of rotatable bonds is 5. The molecule has 4 nitrogen and oxygen atoms in total. The number of hydrogen-bond donors (Lipinski definition) is 3. The minimum absolute atomic E-state index is 0.188. The standard InChI is InChI=1S/C10H20N2O2S/c1-5-10(3,4)12-9(14)8(6-15)11-7(2)13/h8,15H,5-6H2,1-4H3,(H,11,13)(H,12,14). The van der Waals surface area contributed by atoms with E-state index in [9.17, 15) is 9.59 Å². The van der Waals surface area contributed by atoms with Crippen molar-refractivity contribution in [3.63, 3.8) is 0 Å². The lowest BCUT2D eigenvalue weighted by Gasteiger charge is -2.27. The fraction of sp³-hybridized carbons (Fsp3) is 0.800. The molecule has 0 aromatic carbocycles. The van der Waals surface area contributed by atoms with Gasteiger partial charge in [-0.1, -0.05) is 6.92 Å². The van der Waals surface area contributed by atoms with Crippen molar-refractivity contribution in [1.82, 2.24) is 10.6 Å². The quantitative estimate of drug-likeness (QED) is 0.612. The summed E-state index contributed by atoms with van der Waals surface area (Å²) >= 11 is 4.03. The lowest BCUT2D eigenvalue weighted by molar-refractivity contribution is -0.128. The Morgan fingerprint density at radius 3 is 2.27 bits per heavy atom. The molecule has 0 saturated heterocycles. The lowest BCUT2D eigenvalue weighted by atomic mass is 10.0. The van der Waals surface area contributed by atoms with Crippen molar-refractivity contribution >= 4 is 24.4 Å². The van der Waals surface area contributed by atoms with Gasteiger partial charge in [-0.25, -0.2) is 0 Å². The summed E-state index contributed by atoms with van der Waals surface area (Å²) in [6.07, 6.45) is 0.831. The fourth-order valence-electron chi connectivity index (χ4n) is 0.948. The molecule has 0 aliphatic heterocycles. The van der Waals surface area contributed by atoms with Crippen molar-refractivity contribution in [2.45, 2.75) is 45.7 Å². The summed E-state index contributed by atoms with van der Waals surface area (Å²) in [4.78, 5) is 22.5. The van der Waals surface area contributed by atoms with Crippen LogP contribution in [0.2, 0.25) is 0 Å². The predicted octanol–water partition coefficient (Wildman–Crippen LogP) is 0.726. The number of nitrogens with one attached hydrogen (secondary N) is 2. The number of amides is 2. The molecule has 0 aromatic heterocycles. The van der Waals surface area contributed by atoms with Crippen molar-refractivity contribution in [3.05, 3.63) is 0 Å². The van der Waals surface area contributed by atoms with E-state index in [1.54, 1.807) is 0 Å². The largest absolute Gasteiger partial charge is 0.349 e. The van der Waals surface area contributed by atoms with E-state index < -0.39 is 6.04 Å². The Bertz CT molecular complexity index is 242. The van der Waals surface area contributed by atoms with Crippen molar-refractivity contribution in [1.29, 1.82) is 0 Å². The molecule has 1 atom stereocenters. The minimum atomic E-state index is -0.559. The summed E-state index contributed by atoms with van der Waals surface area (Å²) in [7, 11) is 0. The van der Waals surface area contributed by atoms with Crippen molar-refractivity contribution in [3.8, 4) is 0 Å². The van der Waals surface area contributed by atoms with Gasteiger partial charge in [-0.2, -0.15) is 12.6 Å². The SMILES string of the molecule is CCC(C)(C)NC(=O)C(CS)NC(C)=O. The number of hydrogen-bond acceptors (Lipinski definition) is 3. The van der Waals surface area contributed by atoms with Crippen LogP contribution in [0.3, 0.4) is 0 Å². The molecule has 0 spiro atoms. The van der Waals surface area contributed by atoms with Gasteiger partial charge in [-0.15, -0.1) is 0 Å². The Morgan fingerprint density at radius 2 is 1.93 bits per heavy atom. The first-order valence-corrected chi connectivity index (χ1v) is 5.65. The van der Waals surface area contributed by atoms with E-state index in [1.165, 1.54) is 6.92 Å². The van der Waals surface area contributed by atoms with Crippen molar-refractivity contribution < 1.29 is 9.59 Å². The normalized spacial score (nSPS) is 13.1. The predicted molar refractivity (Wildman–Crippen MR) is 64.0 cm³/mol. The molecule has 0 saturated carbocycles. The summed E-state index contributed by atoms with van der Waals surface area (Å²) in [6.45, 7) is 7.26. The molecule has 0 heterocycles. The van der Waals surface area contributed by atoms with Gasteiger partial charge in [-0.05, 0) is 20.3 Å². The molecule has 0 aliphatic rings. The Balaban J connectivity index is 4.34. The second kappa shape index (κ2) is 6.00. The van der Waals surface area contributed by atoms with Gasteiger partial charge in [0.2, 0.25) is 11.8 Å². The van der Waals surface area contributed by atoms with Crippen LogP contribution in [0.25, 0.3) is 0 Å². The van der Waals surface area contributed by atoms with E-state index in [0.29, 0.717) is 5.75 Å². The molecule has 0 rings (SSSR count). The van der Waals surface area contributed by atoms with Crippen LogP contribution >= 0.6 is 12.6 Å². The molecule has 0 fully saturated rings. The van der Waals surface area contributed by atoms with Gasteiger partial charge in [0.05, 0.1) is 0 Å². The zero-order chi connectivity index (χ0) is 12.1. The van der Waals surface area contributed by atoms with E-state index in [-0.39, 0.29) is 17.4 Å². The first-order chi connectivity index (χ1) is 6.82. The summed E-state index contributed by atoms with van der Waals surface area (Å²) in [6, 6.07) is -0.559. The maximum Gasteiger partial charge on any atom is 0.243 e. The Labute approximate surface area is 96.6 Å². The minimum Gasteiger partial charge on any atom is -0.349 e. The van der Waals surface area contributed by atoms with Crippen LogP contribution in [0, 0.1) is 0 Å². The highest BCUT2D eigenvalue weighted by atomic mass is 32.1. The Morgan fingerprint density at radius 1 is 1.40 bits per heavy atom. The van der Waals surface area contributed by atoms with E-state index >= 15 is 0 Å². The zero-order valence-electron chi connectivity index (χ0n) is 9.76. The third-order valence-electron chi connectivity index (χ3n) is 2.22. The Kier molecular flexibility index (Phi) is 5.72. The van der Waals surface area contributed by atoms with Gasteiger partial charge in [0.1, 0.15) is 6.04 Å².